The number of anilines is 3. The van der Waals surface area contributed by atoms with Crippen LogP contribution in [0.1, 0.15) is 0 Å². The highest BCUT2D eigenvalue weighted by Gasteiger charge is 2.23. The first-order chi connectivity index (χ1) is 32.7. The molecule has 66 heavy (non-hydrogen) atoms. The maximum atomic E-state index is 7.18. The molecule has 0 aliphatic rings. The highest BCUT2D eigenvalue weighted by molar-refractivity contribution is 6.24. The number of para-hydroxylation sites is 1. The van der Waals surface area contributed by atoms with E-state index in [1.165, 1.54) is 65.5 Å². The van der Waals surface area contributed by atoms with E-state index < -0.39 is 0 Å². The lowest BCUT2D eigenvalue weighted by Crippen LogP contribution is -2.10. The largest absolute Gasteiger partial charge is 0.453 e. The van der Waals surface area contributed by atoms with Gasteiger partial charge in [0, 0.05) is 27.7 Å². The fourth-order valence-corrected chi connectivity index (χ4v) is 10.0. The summed E-state index contributed by atoms with van der Waals surface area (Å²) < 4.78 is 7.18. The van der Waals surface area contributed by atoms with Gasteiger partial charge in [0.15, 0.2) is 5.58 Å². The van der Waals surface area contributed by atoms with E-state index in [4.69, 9.17) is 4.42 Å². The molecule has 2 nitrogen and oxygen atoms in total. The van der Waals surface area contributed by atoms with E-state index >= 15 is 0 Å². The molecule has 13 aromatic rings. The van der Waals surface area contributed by atoms with Crippen molar-refractivity contribution in [1.29, 1.82) is 0 Å². The first-order valence-electron chi connectivity index (χ1n) is 22.6. The van der Waals surface area contributed by atoms with Crippen molar-refractivity contribution < 1.29 is 4.42 Å². The average molecular weight is 840 g/mol. The summed E-state index contributed by atoms with van der Waals surface area (Å²) in [6.45, 7) is 0. The number of hydrogen-bond acceptors (Lipinski definition) is 2. The predicted molar refractivity (Wildman–Crippen MR) is 280 cm³/mol. The molecule has 0 spiro atoms. The molecule has 308 valence electrons. The molecule has 1 heterocycles. The molecule has 0 aliphatic heterocycles. The first-order valence-corrected chi connectivity index (χ1v) is 22.6. The van der Waals surface area contributed by atoms with Crippen LogP contribution in [-0.4, -0.2) is 0 Å². The molecular formula is C64H41NO. The van der Waals surface area contributed by atoms with Crippen molar-refractivity contribution in [2.24, 2.45) is 0 Å². The molecule has 0 N–H and O–H groups in total. The Morgan fingerprint density at radius 3 is 1.24 bits per heavy atom. The summed E-state index contributed by atoms with van der Waals surface area (Å²) >= 11 is 0. The number of hydrogen-bond donors (Lipinski definition) is 0. The molecule has 0 saturated carbocycles. The summed E-state index contributed by atoms with van der Waals surface area (Å²) in [4.78, 5) is 2.36. The minimum absolute atomic E-state index is 0.854. The minimum atomic E-state index is 0.854. The van der Waals surface area contributed by atoms with Crippen LogP contribution in [0.25, 0.3) is 110 Å². The Labute approximate surface area is 382 Å². The fraction of sp³-hybridized carbons (Fsp3) is 0. The van der Waals surface area contributed by atoms with E-state index in [9.17, 15) is 0 Å². The molecule has 1 aromatic heterocycles. The SMILES string of the molecule is c1ccc(-c2cccc3c2oc2c(N(c4ccc(-c5ccc6ccccc6c5)cc4)c4ccc(-c5ccc6cc(-c7ccc8ccccc8c7)ccc6c5)cc4)cc4ccccc4c23)cc1. The zero-order valence-corrected chi connectivity index (χ0v) is 36.0. The quantitative estimate of drug-likeness (QED) is 0.159. The van der Waals surface area contributed by atoms with Crippen LogP contribution in [0.2, 0.25) is 0 Å². The van der Waals surface area contributed by atoms with Crippen molar-refractivity contribution in [3.05, 3.63) is 249 Å². The van der Waals surface area contributed by atoms with Crippen molar-refractivity contribution >= 4 is 82.1 Å². The van der Waals surface area contributed by atoms with Gasteiger partial charge in [-0.15, -0.1) is 0 Å². The Hall–Kier alpha value is -8.72. The molecule has 0 fully saturated rings. The molecule has 13 rings (SSSR count). The van der Waals surface area contributed by atoms with Crippen LogP contribution < -0.4 is 4.90 Å². The van der Waals surface area contributed by atoms with Gasteiger partial charge in [-0.25, -0.2) is 0 Å². The van der Waals surface area contributed by atoms with Crippen LogP contribution in [0, 0.1) is 0 Å². The van der Waals surface area contributed by atoms with Gasteiger partial charge in [-0.2, -0.15) is 0 Å². The van der Waals surface area contributed by atoms with Gasteiger partial charge in [-0.05, 0) is 137 Å². The Balaban J connectivity index is 0.938. The predicted octanol–water partition coefficient (Wildman–Crippen LogP) is 18.3. The van der Waals surface area contributed by atoms with Gasteiger partial charge in [-0.1, -0.05) is 194 Å². The van der Waals surface area contributed by atoms with Crippen molar-refractivity contribution in [1.82, 2.24) is 0 Å². The van der Waals surface area contributed by atoms with E-state index in [-0.39, 0.29) is 0 Å². The number of nitrogens with zero attached hydrogens (tertiary/aromatic N) is 1. The van der Waals surface area contributed by atoms with Crippen molar-refractivity contribution in [2.75, 3.05) is 4.90 Å². The standard InChI is InChI=1S/C64H41NO/c1-2-13-46(14-3-1)59-19-10-20-60-62-58-18-9-8-17-55(58)41-61(64(62)66-63(59)60)65(56-33-29-44(30-34-56)49-23-21-42-11-4-6-15-47(42)37-49)57-35-31-45(32-36-57)50-25-26-53-40-54(28-27-52(53)39-50)51-24-22-43-12-5-7-16-48(43)38-51/h1-41H. The average Bonchev–Trinajstić information content (AvgIpc) is 3.79. The van der Waals surface area contributed by atoms with Gasteiger partial charge < -0.3 is 9.32 Å². The third-order valence-corrected chi connectivity index (χ3v) is 13.4. The van der Waals surface area contributed by atoms with Crippen molar-refractivity contribution in [3.8, 4) is 44.5 Å². The maximum absolute atomic E-state index is 7.18. The van der Waals surface area contributed by atoms with Gasteiger partial charge >= 0.3 is 0 Å². The zero-order valence-electron chi connectivity index (χ0n) is 36.0. The normalized spacial score (nSPS) is 11.6. The number of furan rings is 1. The van der Waals surface area contributed by atoms with Gasteiger partial charge in [-0.3, -0.25) is 0 Å². The van der Waals surface area contributed by atoms with E-state index in [1.807, 2.05) is 0 Å². The lowest BCUT2D eigenvalue weighted by atomic mass is 9.96. The molecule has 0 atom stereocenters. The van der Waals surface area contributed by atoms with Crippen LogP contribution in [0.5, 0.6) is 0 Å². The lowest BCUT2D eigenvalue weighted by molar-refractivity contribution is 0.670. The molecule has 0 amide bonds. The third kappa shape index (κ3) is 6.50. The molecule has 0 unspecified atom stereocenters. The van der Waals surface area contributed by atoms with Crippen molar-refractivity contribution in [3.63, 3.8) is 0 Å². The highest BCUT2D eigenvalue weighted by atomic mass is 16.3. The number of rotatable bonds is 7. The van der Waals surface area contributed by atoms with E-state index in [0.29, 0.717) is 0 Å². The van der Waals surface area contributed by atoms with Crippen LogP contribution in [0.3, 0.4) is 0 Å². The Morgan fingerprint density at radius 2 is 0.682 bits per heavy atom. The summed E-state index contributed by atoms with van der Waals surface area (Å²) in [6.07, 6.45) is 0. The number of benzene rings is 12. The Morgan fingerprint density at radius 1 is 0.258 bits per heavy atom. The Bertz CT molecular complexity index is 3980. The molecule has 2 heteroatoms. The molecular weight excluding hydrogens is 799 g/mol. The van der Waals surface area contributed by atoms with Crippen LogP contribution in [0.4, 0.5) is 17.1 Å². The van der Waals surface area contributed by atoms with Gasteiger partial charge in [0.2, 0.25) is 0 Å². The Kier molecular flexibility index (Phi) is 8.89. The van der Waals surface area contributed by atoms with E-state index in [0.717, 1.165) is 61.1 Å². The number of fused-ring (bicyclic) bond motifs is 8. The third-order valence-electron chi connectivity index (χ3n) is 13.4. The van der Waals surface area contributed by atoms with Crippen LogP contribution >= 0.6 is 0 Å². The van der Waals surface area contributed by atoms with Crippen molar-refractivity contribution in [2.45, 2.75) is 0 Å². The molecule has 0 aliphatic carbocycles. The van der Waals surface area contributed by atoms with Crippen LogP contribution in [0.15, 0.2) is 253 Å². The van der Waals surface area contributed by atoms with Gasteiger partial charge in [0.05, 0.1) is 5.69 Å². The highest BCUT2D eigenvalue weighted by Crippen LogP contribution is 2.47. The van der Waals surface area contributed by atoms with E-state index in [2.05, 4.69) is 254 Å². The second-order valence-corrected chi connectivity index (χ2v) is 17.3. The second kappa shape index (κ2) is 15.5. The molecule has 12 aromatic carbocycles. The molecule has 0 saturated heterocycles. The summed E-state index contributed by atoms with van der Waals surface area (Å²) in [6, 6.07) is 90.2. The first kappa shape index (κ1) is 37.8. The smallest absolute Gasteiger partial charge is 0.160 e. The fourth-order valence-electron chi connectivity index (χ4n) is 10.0. The molecule has 0 bridgehead atoms. The summed E-state index contributed by atoms with van der Waals surface area (Å²) in [7, 11) is 0. The van der Waals surface area contributed by atoms with E-state index in [1.54, 1.807) is 0 Å². The summed E-state index contributed by atoms with van der Waals surface area (Å²) in [5.74, 6) is 0. The monoisotopic (exact) mass is 839 g/mol. The summed E-state index contributed by atoms with van der Waals surface area (Å²) in [5.41, 5.74) is 14.2. The van der Waals surface area contributed by atoms with Gasteiger partial charge in [0.25, 0.3) is 0 Å². The lowest BCUT2D eigenvalue weighted by Gasteiger charge is -2.26. The maximum Gasteiger partial charge on any atom is 0.160 e. The second-order valence-electron chi connectivity index (χ2n) is 17.3. The minimum Gasteiger partial charge on any atom is -0.453 e. The zero-order chi connectivity index (χ0) is 43.6. The van der Waals surface area contributed by atoms with Gasteiger partial charge in [0.1, 0.15) is 5.58 Å². The molecule has 0 radical (unpaired) electrons. The summed E-state index contributed by atoms with van der Waals surface area (Å²) in [5, 5.41) is 12.0. The topological polar surface area (TPSA) is 16.4 Å². The van der Waals surface area contributed by atoms with Crippen LogP contribution in [-0.2, 0) is 0 Å².